The SMILES string of the molecule is CCCCCOC(=O)c1ccccc1CCNC. The van der Waals surface area contributed by atoms with Gasteiger partial charge in [-0.1, -0.05) is 38.0 Å². The molecule has 18 heavy (non-hydrogen) atoms. The monoisotopic (exact) mass is 249 g/mol. The van der Waals surface area contributed by atoms with Crippen LogP contribution in [0.3, 0.4) is 0 Å². The molecule has 3 heteroatoms. The Labute approximate surface area is 110 Å². The van der Waals surface area contributed by atoms with E-state index >= 15 is 0 Å². The average Bonchev–Trinajstić information content (AvgIpc) is 2.41. The van der Waals surface area contributed by atoms with Crippen LogP contribution in [-0.4, -0.2) is 26.2 Å². The van der Waals surface area contributed by atoms with Gasteiger partial charge in [0.1, 0.15) is 0 Å². The van der Waals surface area contributed by atoms with E-state index in [2.05, 4.69) is 12.2 Å². The van der Waals surface area contributed by atoms with Crippen LogP contribution in [-0.2, 0) is 11.2 Å². The number of hydrogen-bond acceptors (Lipinski definition) is 3. The van der Waals surface area contributed by atoms with Crippen molar-refractivity contribution in [3.8, 4) is 0 Å². The van der Waals surface area contributed by atoms with Gasteiger partial charge in [-0.15, -0.1) is 0 Å². The molecule has 100 valence electrons. The number of unbranched alkanes of at least 4 members (excludes halogenated alkanes) is 2. The molecule has 1 rings (SSSR count). The van der Waals surface area contributed by atoms with E-state index in [1.807, 2.05) is 31.3 Å². The molecule has 1 aromatic rings. The number of ether oxygens (including phenoxy) is 1. The summed E-state index contributed by atoms with van der Waals surface area (Å²) in [5, 5.41) is 3.09. The minimum absolute atomic E-state index is 0.196. The van der Waals surface area contributed by atoms with Crippen molar-refractivity contribution < 1.29 is 9.53 Å². The summed E-state index contributed by atoms with van der Waals surface area (Å²) >= 11 is 0. The third-order valence-electron chi connectivity index (χ3n) is 2.86. The van der Waals surface area contributed by atoms with Gasteiger partial charge in [0, 0.05) is 0 Å². The first-order valence-corrected chi connectivity index (χ1v) is 6.69. The fourth-order valence-electron chi connectivity index (χ4n) is 1.79. The van der Waals surface area contributed by atoms with Crippen LogP contribution in [0.5, 0.6) is 0 Å². The highest BCUT2D eigenvalue weighted by molar-refractivity contribution is 5.91. The molecule has 0 saturated heterocycles. The summed E-state index contributed by atoms with van der Waals surface area (Å²) in [5.41, 5.74) is 1.75. The highest BCUT2D eigenvalue weighted by Gasteiger charge is 2.11. The Hall–Kier alpha value is -1.35. The molecule has 0 heterocycles. The minimum atomic E-state index is -0.196. The summed E-state index contributed by atoms with van der Waals surface area (Å²) < 4.78 is 5.29. The maximum Gasteiger partial charge on any atom is 0.338 e. The van der Waals surface area contributed by atoms with Crippen molar-refractivity contribution in [3.05, 3.63) is 35.4 Å². The highest BCUT2D eigenvalue weighted by atomic mass is 16.5. The number of carbonyl (C=O) groups is 1. The third-order valence-corrected chi connectivity index (χ3v) is 2.86. The van der Waals surface area contributed by atoms with Crippen LogP contribution in [0.15, 0.2) is 24.3 Å². The zero-order valence-electron chi connectivity index (χ0n) is 11.4. The lowest BCUT2D eigenvalue weighted by atomic mass is 10.0. The first kappa shape index (κ1) is 14.7. The molecular formula is C15H23NO2. The summed E-state index contributed by atoms with van der Waals surface area (Å²) in [7, 11) is 1.91. The van der Waals surface area contributed by atoms with E-state index in [9.17, 15) is 4.79 Å². The van der Waals surface area contributed by atoms with E-state index in [1.165, 1.54) is 0 Å². The fraction of sp³-hybridized carbons (Fsp3) is 0.533. The van der Waals surface area contributed by atoms with Crippen molar-refractivity contribution in [1.29, 1.82) is 0 Å². The zero-order chi connectivity index (χ0) is 13.2. The van der Waals surface area contributed by atoms with Crippen molar-refractivity contribution in [2.45, 2.75) is 32.6 Å². The van der Waals surface area contributed by atoms with Gasteiger partial charge in [-0.2, -0.15) is 0 Å². The number of likely N-dealkylation sites (N-methyl/N-ethyl adjacent to an activating group) is 1. The lowest BCUT2D eigenvalue weighted by Crippen LogP contribution is -2.14. The van der Waals surface area contributed by atoms with Gasteiger partial charge in [0.2, 0.25) is 0 Å². The smallest absolute Gasteiger partial charge is 0.338 e. The Morgan fingerprint density at radius 1 is 1.28 bits per heavy atom. The Morgan fingerprint density at radius 2 is 2.06 bits per heavy atom. The predicted octanol–water partition coefficient (Wildman–Crippen LogP) is 2.80. The van der Waals surface area contributed by atoms with Crippen molar-refractivity contribution in [2.75, 3.05) is 20.2 Å². The van der Waals surface area contributed by atoms with E-state index in [1.54, 1.807) is 0 Å². The van der Waals surface area contributed by atoms with Crippen LogP contribution >= 0.6 is 0 Å². The Balaban J connectivity index is 2.55. The van der Waals surface area contributed by atoms with E-state index in [-0.39, 0.29) is 5.97 Å². The maximum absolute atomic E-state index is 11.9. The van der Waals surface area contributed by atoms with Gasteiger partial charge in [-0.25, -0.2) is 4.79 Å². The standard InChI is InChI=1S/C15H23NO2/c1-3-4-7-12-18-15(17)14-9-6-5-8-13(14)10-11-16-2/h5-6,8-9,16H,3-4,7,10-12H2,1-2H3. The molecule has 0 radical (unpaired) electrons. The van der Waals surface area contributed by atoms with Gasteiger partial charge in [0.15, 0.2) is 0 Å². The number of nitrogens with one attached hydrogen (secondary N) is 1. The van der Waals surface area contributed by atoms with Crippen LogP contribution in [0, 0.1) is 0 Å². The number of rotatable bonds is 8. The summed E-state index contributed by atoms with van der Waals surface area (Å²) in [4.78, 5) is 11.9. The molecule has 0 bridgehead atoms. The molecule has 0 spiro atoms. The summed E-state index contributed by atoms with van der Waals surface area (Å²) in [5.74, 6) is -0.196. The summed E-state index contributed by atoms with van der Waals surface area (Å²) in [6, 6.07) is 7.66. The van der Waals surface area contributed by atoms with Gasteiger partial charge < -0.3 is 10.1 Å². The Bertz CT molecular complexity index is 363. The number of benzene rings is 1. The van der Waals surface area contributed by atoms with Crippen LogP contribution in [0.2, 0.25) is 0 Å². The molecule has 3 nitrogen and oxygen atoms in total. The molecule has 0 unspecified atom stereocenters. The second-order valence-electron chi connectivity index (χ2n) is 4.35. The van der Waals surface area contributed by atoms with Crippen LogP contribution in [0.4, 0.5) is 0 Å². The number of carbonyl (C=O) groups excluding carboxylic acids is 1. The second-order valence-corrected chi connectivity index (χ2v) is 4.35. The molecule has 0 amide bonds. The van der Waals surface area contributed by atoms with Crippen LogP contribution in [0.25, 0.3) is 0 Å². The van der Waals surface area contributed by atoms with E-state index in [0.29, 0.717) is 12.2 Å². The molecule has 0 aliphatic rings. The van der Waals surface area contributed by atoms with Crippen molar-refractivity contribution in [1.82, 2.24) is 5.32 Å². The maximum atomic E-state index is 11.9. The lowest BCUT2D eigenvalue weighted by Gasteiger charge is -2.09. The quantitative estimate of drug-likeness (QED) is 0.568. The van der Waals surface area contributed by atoms with Gasteiger partial charge in [0.05, 0.1) is 12.2 Å². The topological polar surface area (TPSA) is 38.3 Å². The molecule has 0 aliphatic carbocycles. The molecule has 0 fully saturated rings. The molecule has 1 aromatic carbocycles. The normalized spacial score (nSPS) is 10.3. The van der Waals surface area contributed by atoms with Gasteiger partial charge in [-0.3, -0.25) is 0 Å². The molecule has 0 saturated carbocycles. The molecule has 0 atom stereocenters. The Kier molecular flexibility index (Phi) is 7.11. The van der Waals surface area contributed by atoms with Crippen molar-refractivity contribution in [3.63, 3.8) is 0 Å². The van der Waals surface area contributed by atoms with Gasteiger partial charge in [0.25, 0.3) is 0 Å². The predicted molar refractivity (Wildman–Crippen MR) is 73.9 cm³/mol. The number of esters is 1. The molecular weight excluding hydrogens is 226 g/mol. The van der Waals surface area contributed by atoms with Crippen LogP contribution in [0.1, 0.15) is 42.1 Å². The Morgan fingerprint density at radius 3 is 2.78 bits per heavy atom. The minimum Gasteiger partial charge on any atom is -0.462 e. The summed E-state index contributed by atoms with van der Waals surface area (Å²) in [6.45, 7) is 3.52. The van der Waals surface area contributed by atoms with E-state index < -0.39 is 0 Å². The fourth-order valence-corrected chi connectivity index (χ4v) is 1.79. The van der Waals surface area contributed by atoms with Gasteiger partial charge in [-0.05, 0) is 38.1 Å². The third kappa shape index (κ3) is 4.88. The highest BCUT2D eigenvalue weighted by Crippen LogP contribution is 2.11. The summed E-state index contributed by atoms with van der Waals surface area (Å²) in [6.07, 6.45) is 4.03. The van der Waals surface area contributed by atoms with Crippen LogP contribution < -0.4 is 5.32 Å². The lowest BCUT2D eigenvalue weighted by molar-refractivity contribution is 0.0497. The average molecular weight is 249 g/mol. The van der Waals surface area contributed by atoms with E-state index in [0.717, 1.165) is 37.8 Å². The van der Waals surface area contributed by atoms with Crippen molar-refractivity contribution in [2.24, 2.45) is 0 Å². The second kappa shape index (κ2) is 8.70. The molecule has 1 N–H and O–H groups in total. The van der Waals surface area contributed by atoms with E-state index in [4.69, 9.17) is 4.74 Å². The molecule has 0 aromatic heterocycles. The molecule has 0 aliphatic heterocycles. The van der Waals surface area contributed by atoms with Crippen molar-refractivity contribution >= 4 is 5.97 Å². The number of hydrogen-bond donors (Lipinski definition) is 1. The first-order chi connectivity index (χ1) is 8.79. The first-order valence-electron chi connectivity index (χ1n) is 6.69. The largest absolute Gasteiger partial charge is 0.462 e. The zero-order valence-corrected chi connectivity index (χ0v) is 11.4. The van der Waals surface area contributed by atoms with Gasteiger partial charge >= 0.3 is 5.97 Å².